The van der Waals surface area contributed by atoms with E-state index in [4.69, 9.17) is 4.74 Å². The van der Waals surface area contributed by atoms with Gasteiger partial charge in [-0.2, -0.15) is 13.2 Å². The fourth-order valence-electron chi connectivity index (χ4n) is 1.59. The maximum Gasteiger partial charge on any atom is 0.424 e. The Labute approximate surface area is 78.5 Å². The number of imidazole rings is 1. The van der Waals surface area contributed by atoms with Crippen molar-refractivity contribution in [2.75, 3.05) is 6.61 Å². The fraction of sp³-hybridized carbons (Fsp3) is 0.625. The molecule has 1 saturated heterocycles. The maximum absolute atomic E-state index is 12.7. The van der Waals surface area contributed by atoms with Crippen LogP contribution in [0.25, 0.3) is 0 Å². The third-order valence-electron chi connectivity index (χ3n) is 2.44. The molecule has 1 atom stereocenters. The monoisotopic (exact) mass is 206 g/mol. The zero-order valence-electron chi connectivity index (χ0n) is 7.51. The van der Waals surface area contributed by atoms with Gasteiger partial charge in [-0.25, -0.2) is 4.98 Å². The van der Waals surface area contributed by atoms with E-state index < -0.39 is 11.8 Å². The highest BCUT2D eigenvalue weighted by molar-refractivity contribution is 5.12. The minimum absolute atomic E-state index is 0.0542. The Morgan fingerprint density at radius 3 is 2.50 bits per heavy atom. The number of alkyl halides is 3. The van der Waals surface area contributed by atoms with E-state index in [2.05, 4.69) is 4.98 Å². The van der Waals surface area contributed by atoms with Gasteiger partial charge >= 0.3 is 6.18 Å². The molecule has 14 heavy (non-hydrogen) atoms. The first-order valence-corrected chi connectivity index (χ1v) is 4.16. The van der Waals surface area contributed by atoms with E-state index >= 15 is 0 Å². The van der Waals surface area contributed by atoms with Crippen LogP contribution in [0.4, 0.5) is 13.2 Å². The highest BCUT2D eigenvalue weighted by Gasteiger charge is 2.63. The van der Waals surface area contributed by atoms with Crippen molar-refractivity contribution >= 4 is 0 Å². The summed E-state index contributed by atoms with van der Waals surface area (Å²) in [5.41, 5.74) is -2.18. The largest absolute Gasteiger partial charge is 0.424 e. The fourth-order valence-corrected chi connectivity index (χ4v) is 1.59. The Balaban J connectivity index is 2.44. The van der Waals surface area contributed by atoms with E-state index in [0.717, 1.165) is 0 Å². The van der Waals surface area contributed by atoms with Crippen molar-refractivity contribution in [3.05, 3.63) is 18.2 Å². The lowest BCUT2D eigenvalue weighted by Crippen LogP contribution is -2.54. The summed E-state index contributed by atoms with van der Waals surface area (Å²) in [7, 11) is 1.53. The minimum atomic E-state index is -4.40. The van der Waals surface area contributed by atoms with Crippen molar-refractivity contribution in [3.8, 4) is 0 Å². The quantitative estimate of drug-likeness (QED) is 0.697. The van der Waals surface area contributed by atoms with Crippen LogP contribution in [0.1, 0.15) is 12.2 Å². The Bertz CT molecular complexity index is 341. The molecule has 0 N–H and O–H groups in total. The van der Waals surface area contributed by atoms with Crippen LogP contribution in [-0.4, -0.2) is 22.3 Å². The molecule has 1 aromatic heterocycles. The molecule has 0 aliphatic carbocycles. The second kappa shape index (κ2) is 2.73. The SMILES string of the molecule is Cn1ccnc1C1(C(F)(F)F)CCO1. The standard InChI is InChI=1S/C8H9F3N2O/c1-13-4-3-12-6(13)7(2-5-14-7)8(9,10)11/h3-4H,2,5H2,1H3. The number of rotatable bonds is 1. The van der Waals surface area contributed by atoms with E-state index in [1.807, 2.05) is 0 Å². The van der Waals surface area contributed by atoms with Crippen LogP contribution in [0, 0.1) is 0 Å². The molecule has 0 aromatic carbocycles. The molecule has 1 unspecified atom stereocenters. The van der Waals surface area contributed by atoms with E-state index in [0.29, 0.717) is 0 Å². The van der Waals surface area contributed by atoms with Crippen LogP contribution in [0.2, 0.25) is 0 Å². The van der Waals surface area contributed by atoms with Crippen molar-refractivity contribution < 1.29 is 17.9 Å². The van der Waals surface area contributed by atoms with Gasteiger partial charge in [-0.05, 0) is 0 Å². The summed E-state index contributed by atoms with van der Waals surface area (Å²) in [6.45, 7) is 0.131. The average Bonchev–Trinajstić information content (AvgIpc) is 2.31. The molecule has 1 aliphatic rings. The summed E-state index contributed by atoms with van der Waals surface area (Å²) in [4.78, 5) is 3.69. The van der Waals surface area contributed by atoms with Crippen molar-refractivity contribution in [1.82, 2.24) is 9.55 Å². The van der Waals surface area contributed by atoms with Crippen molar-refractivity contribution in [3.63, 3.8) is 0 Å². The van der Waals surface area contributed by atoms with Gasteiger partial charge in [-0.3, -0.25) is 0 Å². The number of halogens is 3. The second-order valence-electron chi connectivity index (χ2n) is 3.28. The summed E-state index contributed by atoms with van der Waals surface area (Å²) in [5.74, 6) is -0.0729. The van der Waals surface area contributed by atoms with E-state index in [-0.39, 0.29) is 18.9 Å². The Hall–Kier alpha value is -1.04. The van der Waals surface area contributed by atoms with Crippen molar-refractivity contribution in [2.24, 2.45) is 7.05 Å². The van der Waals surface area contributed by atoms with Gasteiger partial charge in [-0.15, -0.1) is 0 Å². The molecule has 0 bridgehead atoms. The molecule has 2 rings (SSSR count). The zero-order chi connectivity index (χ0) is 10.4. The predicted molar refractivity (Wildman–Crippen MR) is 41.5 cm³/mol. The molecular weight excluding hydrogens is 197 g/mol. The van der Waals surface area contributed by atoms with Crippen LogP contribution >= 0.6 is 0 Å². The number of aryl methyl sites for hydroxylation is 1. The van der Waals surface area contributed by atoms with Gasteiger partial charge in [-0.1, -0.05) is 0 Å². The van der Waals surface area contributed by atoms with E-state index in [1.54, 1.807) is 0 Å². The van der Waals surface area contributed by atoms with Crippen molar-refractivity contribution in [1.29, 1.82) is 0 Å². The van der Waals surface area contributed by atoms with Crippen LogP contribution in [0.15, 0.2) is 12.4 Å². The van der Waals surface area contributed by atoms with E-state index in [9.17, 15) is 13.2 Å². The maximum atomic E-state index is 12.7. The molecule has 0 amide bonds. The number of hydrogen-bond acceptors (Lipinski definition) is 2. The lowest BCUT2D eigenvalue weighted by atomic mass is 9.93. The summed E-state index contributed by atoms with van der Waals surface area (Å²) < 4.78 is 44.2. The first kappa shape index (κ1) is 9.51. The van der Waals surface area contributed by atoms with Crippen LogP contribution in [-0.2, 0) is 17.4 Å². The molecule has 0 radical (unpaired) electrons. The van der Waals surface area contributed by atoms with Gasteiger partial charge in [0, 0.05) is 25.9 Å². The number of aromatic nitrogens is 2. The lowest BCUT2D eigenvalue weighted by Gasteiger charge is -2.41. The Morgan fingerprint density at radius 2 is 2.21 bits per heavy atom. The minimum Gasteiger partial charge on any atom is -0.358 e. The molecule has 78 valence electrons. The molecule has 3 nitrogen and oxygen atoms in total. The number of nitrogens with zero attached hydrogens (tertiary/aromatic N) is 2. The van der Waals surface area contributed by atoms with Gasteiger partial charge in [0.2, 0.25) is 5.60 Å². The molecule has 1 fully saturated rings. The second-order valence-corrected chi connectivity index (χ2v) is 3.28. The molecule has 2 heterocycles. The summed E-state index contributed by atoms with van der Waals surface area (Å²) >= 11 is 0. The molecule has 6 heteroatoms. The number of hydrogen-bond donors (Lipinski definition) is 0. The van der Waals surface area contributed by atoms with Crippen LogP contribution in [0.3, 0.4) is 0 Å². The topological polar surface area (TPSA) is 27.1 Å². The van der Waals surface area contributed by atoms with Gasteiger partial charge in [0.05, 0.1) is 6.61 Å². The molecule has 1 aliphatic heterocycles. The first-order valence-electron chi connectivity index (χ1n) is 4.16. The third-order valence-corrected chi connectivity index (χ3v) is 2.44. The molecular formula is C8H9F3N2O. The first-order chi connectivity index (χ1) is 6.47. The van der Waals surface area contributed by atoms with Gasteiger partial charge in [0.1, 0.15) is 5.82 Å². The Morgan fingerprint density at radius 1 is 1.57 bits per heavy atom. The predicted octanol–water partition coefficient (Wildman–Crippen LogP) is 1.60. The van der Waals surface area contributed by atoms with Gasteiger partial charge in [0.25, 0.3) is 0 Å². The smallest absolute Gasteiger partial charge is 0.358 e. The molecule has 0 saturated carbocycles. The lowest BCUT2D eigenvalue weighted by molar-refractivity contribution is -0.337. The summed E-state index contributed by atoms with van der Waals surface area (Å²) in [6, 6.07) is 0. The normalized spacial score (nSPS) is 27.4. The van der Waals surface area contributed by atoms with Gasteiger partial charge < -0.3 is 9.30 Å². The van der Waals surface area contributed by atoms with Gasteiger partial charge in [0.15, 0.2) is 0 Å². The molecule has 1 aromatic rings. The van der Waals surface area contributed by atoms with Crippen LogP contribution in [0.5, 0.6) is 0 Å². The zero-order valence-corrected chi connectivity index (χ0v) is 7.51. The molecule has 0 spiro atoms. The third kappa shape index (κ3) is 1.06. The average molecular weight is 206 g/mol. The van der Waals surface area contributed by atoms with Crippen molar-refractivity contribution in [2.45, 2.75) is 18.2 Å². The van der Waals surface area contributed by atoms with E-state index in [1.165, 1.54) is 24.0 Å². The highest BCUT2D eigenvalue weighted by Crippen LogP contribution is 2.49. The summed E-state index contributed by atoms with van der Waals surface area (Å²) in [6.07, 6.45) is -1.64. The Kier molecular flexibility index (Phi) is 1.85. The summed E-state index contributed by atoms with van der Waals surface area (Å²) in [5, 5.41) is 0. The number of ether oxygens (including phenoxy) is 1. The highest BCUT2D eigenvalue weighted by atomic mass is 19.4. The van der Waals surface area contributed by atoms with Crippen LogP contribution < -0.4 is 0 Å².